The summed E-state index contributed by atoms with van der Waals surface area (Å²) in [5.74, 6) is 0.0768. The highest BCUT2D eigenvalue weighted by Crippen LogP contribution is 2.36. The summed E-state index contributed by atoms with van der Waals surface area (Å²) in [6, 6.07) is 16.3. The molecule has 3 aromatic carbocycles. The Bertz CT molecular complexity index is 1950. The topological polar surface area (TPSA) is 79.1 Å². The number of carbonyl (C=O) groups is 1. The highest BCUT2D eigenvalue weighted by molar-refractivity contribution is 14.1. The first-order valence-corrected chi connectivity index (χ1v) is 16.2. The van der Waals surface area contributed by atoms with Crippen molar-refractivity contribution in [3.8, 4) is 11.5 Å². The molecule has 0 spiro atoms. The third-order valence-electron chi connectivity index (χ3n) is 6.75. The number of rotatable bonds is 9. The number of nitrogens with zero attached hydrogens (tertiary/aromatic N) is 2. The summed E-state index contributed by atoms with van der Waals surface area (Å²) < 4.78 is 34.5. The predicted molar refractivity (Wildman–Crippen MR) is 178 cm³/mol. The fourth-order valence-electron chi connectivity index (χ4n) is 4.90. The van der Waals surface area contributed by atoms with E-state index < -0.39 is 12.0 Å². The standard InChI is InChI=1S/C33H29ClFIN2O5S/c1-5-41-32(40)28-19(4)37-33-38(29(28)23-11-7-9-13-26(23)43-18(2)3)31(39)27(44-33)15-21-14-22(34)16-25(36)30(21)42-17-20-10-6-8-12-24(20)35/h6-16,18,29H,5,17H2,1-4H3/b27-15-/t29-/m0/s1. The maximum absolute atomic E-state index is 14.3. The summed E-state index contributed by atoms with van der Waals surface area (Å²) in [5.41, 5.74) is 1.93. The van der Waals surface area contributed by atoms with Crippen molar-refractivity contribution in [2.45, 2.75) is 46.4 Å². The quantitative estimate of drug-likeness (QED) is 0.143. The number of benzene rings is 3. The van der Waals surface area contributed by atoms with Gasteiger partial charge in [-0.05, 0) is 80.6 Å². The van der Waals surface area contributed by atoms with Crippen LogP contribution in [0.5, 0.6) is 11.5 Å². The van der Waals surface area contributed by atoms with Gasteiger partial charge in [0.05, 0.1) is 32.1 Å². The van der Waals surface area contributed by atoms with Gasteiger partial charge >= 0.3 is 5.97 Å². The van der Waals surface area contributed by atoms with E-state index in [0.29, 0.717) is 51.8 Å². The van der Waals surface area contributed by atoms with Crippen LogP contribution in [0.25, 0.3) is 6.08 Å². The van der Waals surface area contributed by atoms with E-state index in [2.05, 4.69) is 27.6 Å². The summed E-state index contributed by atoms with van der Waals surface area (Å²) in [6.07, 6.45) is 1.54. The molecule has 0 aliphatic carbocycles. The van der Waals surface area contributed by atoms with Crippen LogP contribution < -0.4 is 24.4 Å². The summed E-state index contributed by atoms with van der Waals surface area (Å²) in [7, 11) is 0. The minimum Gasteiger partial charge on any atom is -0.491 e. The second-order valence-corrected chi connectivity index (χ2v) is 12.8. The first kappa shape index (κ1) is 31.9. The fourth-order valence-corrected chi connectivity index (χ4v) is 7.15. The SMILES string of the molecule is CCOC(=O)C1=C(C)N=c2s/c(=C\c3cc(Cl)cc(I)c3OCc3ccccc3F)c(=O)n2[C@H]1c1ccccc1OC(C)C. The maximum Gasteiger partial charge on any atom is 0.338 e. The second-order valence-electron chi connectivity index (χ2n) is 10.2. The average Bonchev–Trinajstić information content (AvgIpc) is 3.26. The van der Waals surface area contributed by atoms with Crippen LogP contribution >= 0.6 is 45.5 Å². The van der Waals surface area contributed by atoms with E-state index in [9.17, 15) is 14.0 Å². The molecule has 11 heteroatoms. The first-order chi connectivity index (χ1) is 21.1. The molecular formula is C33H29ClFIN2O5S. The predicted octanol–water partition coefficient (Wildman–Crippen LogP) is 6.56. The molecule has 0 radical (unpaired) electrons. The summed E-state index contributed by atoms with van der Waals surface area (Å²) in [6.45, 7) is 7.44. The molecule has 1 aromatic heterocycles. The van der Waals surface area contributed by atoms with Gasteiger partial charge in [-0.1, -0.05) is 59.3 Å². The van der Waals surface area contributed by atoms with Crippen molar-refractivity contribution in [3.63, 3.8) is 0 Å². The third-order valence-corrected chi connectivity index (χ3v) is 8.75. The van der Waals surface area contributed by atoms with Crippen LogP contribution in [0.15, 0.2) is 81.7 Å². The van der Waals surface area contributed by atoms with Gasteiger partial charge in [0, 0.05) is 21.7 Å². The van der Waals surface area contributed by atoms with Crippen molar-refractivity contribution in [2.24, 2.45) is 4.99 Å². The molecular weight excluding hydrogens is 718 g/mol. The molecule has 0 fully saturated rings. The molecule has 0 bridgehead atoms. The fraction of sp³-hybridized carbons (Fsp3) is 0.242. The minimum atomic E-state index is -0.835. The van der Waals surface area contributed by atoms with E-state index >= 15 is 0 Å². The molecule has 7 nitrogen and oxygen atoms in total. The Morgan fingerprint density at radius 2 is 1.91 bits per heavy atom. The largest absolute Gasteiger partial charge is 0.491 e. The molecule has 0 saturated heterocycles. The van der Waals surface area contributed by atoms with E-state index in [-0.39, 0.29) is 36.3 Å². The molecule has 0 unspecified atom stereocenters. The van der Waals surface area contributed by atoms with Crippen LogP contribution in [0, 0.1) is 9.39 Å². The van der Waals surface area contributed by atoms with Gasteiger partial charge in [0.1, 0.15) is 30.0 Å². The zero-order valence-corrected chi connectivity index (χ0v) is 28.1. The summed E-state index contributed by atoms with van der Waals surface area (Å²) in [4.78, 5) is 32.6. The molecule has 0 saturated carbocycles. The van der Waals surface area contributed by atoms with Crippen molar-refractivity contribution < 1.29 is 23.4 Å². The molecule has 0 N–H and O–H groups in total. The highest BCUT2D eigenvalue weighted by Gasteiger charge is 2.35. The molecule has 2 heterocycles. The molecule has 5 rings (SSSR count). The smallest absolute Gasteiger partial charge is 0.338 e. The highest BCUT2D eigenvalue weighted by atomic mass is 127. The molecule has 1 atom stereocenters. The lowest BCUT2D eigenvalue weighted by Gasteiger charge is -2.26. The van der Waals surface area contributed by atoms with E-state index in [1.807, 2.05) is 38.1 Å². The number of hydrogen-bond acceptors (Lipinski definition) is 7. The van der Waals surface area contributed by atoms with E-state index in [1.54, 1.807) is 50.3 Å². The van der Waals surface area contributed by atoms with Crippen molar-refractivity contribution >= 4 is 57.6 Å². The molecule has 4 aromatic rings. The van der Waals surface area contributed by atoms with Gasteiger partial charge in [-0.15, -0.1) is 0 Å². The van der Waals surface area contributed by atoms with Crippen LogP contribution in [0.1, 0.15) is 50.4 Å². The summed E-state index contributed by atoms with van der Waals surface area (Å²) >= 11 is 9.71. The van der Waals surface area contributed by atoms with Gasteiger partial charge in [-0.2, -0.15) is 0 Å². The number of thiazole rings is 1. The lowest BCUT2D eigenvalue weighted by atomic mass is 9.95. The molecule has 1 aliphatic rings. The van der Waals surface area contributed by atoms with Gasteiger partial charge in [-0.3, -0.25) is 9.36 Å². The Hall–Kier alpha value is -3.48. The maximum atomic E-state index is 14.3. The van der Waals surface area contributed by atoms with E-state index in [4.69, 9.17) is 25.8 Å². The van der Waals surface area contributed by atoms with Gasteiger partial charge in [0.15, 0.2) is 4.80 Å². The first-order valence-electron chi connectivity index (χ1n) is 13.9. The lowest BCUT2D eigenvalue weighted by Crippen LogP contribution is -2.40. The molecule has 0 amide bonds. The number of carbonyl (C=O) groups excluding carboxylic acids is 1. The Morgan fingerprint density at radius 1 is 1.18 bits per heavy atom. The van der Waals surface area contributed by atoms with Crippen molar-refractivity contribution in [1.82, 2.24) is 4.57 Å². The molecule has 228 valence electrons. The minimum absolute atomic E-state index is 0.0128. The Morgan fingerprint density at radius 3 is 2.64 bits per heavy atom. The third kappa shape index (κ3) is 6.62. The zero-order chi connectivity index (χ0) is 31.5. The van der Waals surface area contributed by atoms with Crippen LogP contribution in [0.2, 0.25) is 5.02 Å². The van der Waals surface area contributed by atoms with E-state index in [1.165, 1.54) is 22.0 Å². The number of hydrogen-bond donors (Lipinski definition) is 0. The van der Waals surface area contributed by atoms with Gasteiger partial charge in [-0.25, -0.2) is 14.2 Å². The van der Waals surface area contributed by atoms with Crippen molar-refractivity contribution in [3.05, 3.63) is 123 Å². The monoisotopic (exact) mass is 746 g/mol. The zero-order valence-electron chi connectivity index (χ0n) is 24.4. The number of allylic oxidation sites excluding steroid dienone is 1. The number of halogens is 3. The number of fused-ring (bicyclic) bond motifs is 1. The number of ether oxygens (including phenoxy) is 3. The number of aromatic nitrogens is 1. The molecule has 1 aliphatic heterocycles. The normalized spacial score (nSPS) is 14.8. The van der Waals surface area contributed by atoms with Crippen LogP contribution in [-0.4, -0.2) is 23.2 Å². The lowest BCUT2D eigenvalue weighted by molar-refractivity contribution is -0.139. The van der Waals surface area contributed by atoms with Crippen LogP contribution in [0.3, 0.4) is 0 Å². The van der Waals surface area contributed by atoms with Gasteiger partial charge < -0.3 is 14.2 Å². The van der Waals surface area contributed by atoms with Crippen molar-refractivity contribution in [1.29, 1.82) is 0 Å². The molecule has 44 heavy (non-hydrogen) atoms. The summed E-state index contributed by atoms with van der Waals surface area (Å²) in [5, 5.41) is 0.449. The Kier molecular flexibility index (Phi) is 9.91. The Labute approximate surface area is 276 Å². The Balaban J connectivity index is 1.68. The van der Waals surface area contributed by atoms with Gasteiger partial charge in [0.25, 0.3) is 5.56 Å². The van der Waals surface area contributed by atoms with E-state index in [0.717, 1.165) is 0 Å². The van der Waals surface area contributed by atoms with Crippen LogP contribution in [-0.2, 0) is 16.1 Å². The second kappa shape index (κ2) is 13.7. The van der Waals surface area contributed by atoms with Gasteiger partial charge in [0.2, 0.25) is 0 Å². The number of para-hydroxylation sites is 1. The van der Waals surface area contributed by atoms with Crippen LogP contribution in [0.4, 0.5) is 4.39 Å². The average molecular weight is 747 g/mol. The van der Waals surface area contributed by atoms with Crippen molar-refractivity contribution in [2.75, 3.05) is 6.61 Å². The number of esters is 1.